The van der Waals surface area contributed by atoms with Crippen LogP contribution >= 0.6 is 0 Å². The molecule has 1 aliphatic heterocycles. The quantitative estimate of drug-likeness (QED) is 0.614. The maximum absolute atomic E-state index is 11.6. The number of nitrogens with zero attached hydrogens (tertiary/aromatic N) is 6. The molecule has 2 aromatic heterocycles. The van der Waals surface area contributed by atoms with Crippen molar-refractivity contribution in [3.05, 3.63) is 48.5 Å². The molecule has 1 amide bonds. The van der Waals surface area contributed by atoms with E-state index in [1.54, 1.807) is 11.1 Å². The van der Waals surface area contributed by atoms with Crippen molar-refractivity contribution >= 4 is 23.2 Å². The average molecular weight is 436 g/mol. The fourth-order valence-electron chi connectivity index (χ4n) is 3.89. The van der Waals surface area contributed by atoms with E-state index in [2.05, 4.69) is 43.6 Å². The molecule has 0 bridgehead atoms. The Morgan fingerprint density at radius 1 is 1.06 bits per heavy atom. The van der Waals surface area contributed by atoms with Crippen molar-refractivity contribution in [3.8, 4) is 11.4 Å². The van der Waals surface area contributed by atoms with Gasteiger partial charge in [0.05, 0.1) is 5.69 Å². The number of hydrogen-bond acceptors (Lipinski definition) is 7. The van der Waals surface area contributed by atoms with Crippen LogP contribution in [0.5, 0.6) is 0 Å². The van der Waals surface area contributed by atoms with Gasteiger partial charge in [-0.25, -0.2) is 15.0 Å². The molecule has 1 aromatic carbocycles. The number of imidazole rings is 1. The van der Waals surface area contributed by atoms with Gasteiger partial charge >= 0.3 is 0 Å². The lowest BCUT2D eigenvalue weighted by atomic mass is 10.2. The Labute approximate surface area is 187 Å². The van der Waals surface area contributed by atoms with Crippen LogP contribution in [0.1, 0.15) is 25.7 Å². The predicted octanol–water partition coefficient (Wildman–Crippen LogP) is 2.61. The van der Waals surface area contributed by atoms with Crippen LogP contribution in [0.25, 0.3) is 11.4 Å². The van der Waals surface area contributed by atoms with Gasteiger partial charge in [-0.1, -0.05) is 0 Å². The number of carbonyl (C=O) groups is 1. The van der Waals surface area contributed by atoms with Crippen LogP contribution in [0.3, 0.4) is 0 Å². The summed E-state index contributed by atoms with van der Waals surface area (Å²) < 4.78 is 2.13. The molecule has 0 unspecified atom stereocenters. The lowest BCUT2D eigenvalue weighted by Crippen LogP contribution is -2.49. The molecule has 0 spiro atoms. The highest BCUT2D eigenvalue weighted by Crippen LogP contribution is 2.23. The van der Waals surface area contributed by atoms with Gasteiger partial charge in [-0.2, -0.15) is 0 Å². The summed E-state index contributed by atoms with van der Waals surface area (Å²) in [4.78, 5) is 29.2. The smallest absolute Gasteiger partial charge is 0.248 e. The Balaban J connectivity index is 1.42. The summed E-state index contributed by atoms with van der Waals surface area (Å²) in [6, 6.07) is 10.3. The maximum Gasteiger partial charge on any atom is 0.248 e. The standard InChI is InChI=1S/C23H29N7O2/c1-16(2)30-14-21(25-17(30)3)20-8-9-24-23(27-20)26-18-4-6-19(7-5-18)28-10-12-29(13-11-28)22(32)15-31/h4-9,14,16,31H,10-13,15H2,1-3H3,(H,24,26,27). The van der Waals surface area contributed by atoms with Gasteiger partial charge in [0.2, 0.25) is 11.9 Å². The first-order valence-corrected chi connectivity index (χ1v) is 10.8. The third kappa shape index (κ3) is 4.72. The monoisotopic (exact) mass is 435 g/mol. The van der Waals surface area contributed by atoms with Crippen molar-refractivity contribution in [3.63, 3.8) is 0 Å². The first-order valence-electron chi connectivity index (χ1n) is 10.8. The van der Waals surface area contributed by atoms with Gasteiger partial charge in [0.15, 0.2) is 0 Å². The van der Waals surface area contributed by atoms with E-state index in [0.717, 1.165) is 41.7 Å². The summed E-state index contributed by atoms with van der Waals surface area (Å²) in [6.07, 6.45) is 3.75. The SMILES string of the molecule is Cc1nc(-c2ccnc(Nc3ccc(N4CCN(C(=O)CO)CC4)cc3)n2)cn1C(C)C. The van der Waals surface area contributed by atoms with Crippen molar-refractivity contribution in [1.29, 1.82) is 0 Å². The Morgan fingerprint density at radius 2 is 1.78 bits per heavy atom. The predicted molar refractivity (Wildman–Crippen MR) is 124 cm³/mol. The van der Waals surface area contributed by atoms with E-state index in [1.165, 1.54) is 0 Å². The lowest BCUT2D eigenvalue weighted by molar-refractivity contribution is -0.134. The van der Waals surface area contributed by atoms with Gasteiger partial charge in [-0.15, -0.1) is 0 Å². The number of amides is 1. The number of aryl methyl sites for hydroxylation is 1. The van der Waals surface area contributed by atoms with E-state index in [0.29, 0.717) is 25.1 Å². The van der Waals surface area contributed by atoms with Crippen LogP contribution in [0.4, 0.5) is 17.3 Å². The number of hydrogen-bond donors (Lipinski definition) is 2. The summed E-state index contributed by atoms with van der Waals surface area (Å²) in [5, 5.41) is 12.3. The minimum absolute atomic E-state index is 0.211. The molecule has 4 rings (SSSR count). The Kier molecular flexibility index (Phi) is 6.36. The largest absolute Gasteiger partial charge is 0.387 e. The van der Waals surface area contributed by atoms with Crippen LogP contribution in [0.15, 0.2) is 42.7 Å². The molecule has 9 nitrogen and oxygen atoms in total. The third-order valence-electron chi connectivity index (χ3n) is 5.65. The molecule has 0 saturated carbocycles. The highest BCUT2D eigenvalue weighted by Gasteiger charge is 2.20. The Hall–Kier alpha value is -3.46. The molecular formula is C23H29N7O2. The van der Waals surface area contributed by atoms with Crippen LogP contribution in [-0.4, -0.2) is 68.2 Å². The van der Waals surface area contributed by atoms with Crippen molar-refractivity contribution in [2.24, 2.45) is 0 Å². The van der Waals surface area contributed by atoms with E-state index in [4.69, 9.17) is 5.11 Å². The summed E-state index contributed by atoms with van der Waals surface area (Å²) >= 11 is 0. The summed E-state index contributed by atoms with van der Waals surface area (Å²) in [5.41, 5.74) is 3.59. The van der Waals surface area contributed by atoms with Gasteiger partial charge in [0, 0.05) is 56.0 Å². The molecule has 1 fully saturated rings. The number of aliphatic hydroxyl groups is 1. The fraction of sp³-hybridized carbons (Fsp3) is 0.391. The summed E-state index contributed by atoms with van der Waals surface area (Å²) in [5.74, 6) is 1.26. The zero-order valence-corrected chi connectivity index (χ0v) is 18.7. The molecule has 2 N–H and O–H groups in total. The van der Waals surface area contributed by atoms with Crippen molar-refractivity contribution in [2.75, 3.05) is 43.0 Å². The molecule has 168 valence electrons. The Morgan fingerprint density at radius 3 is 2.41 bits per heavy atom. The van der Waals surface area contributed by atoms with E-state index in [-0.39, 0.29) is 5.91 Å². The first kappa shape index (κ1) is 21.8. The molecule has 0 atom stereocenters. The highest BCUT2D eigenvalue weighted by atomic mass is 16.3. The number of piperazine rings is 1. The number of nitrogens with one attached hydrogen (secondary N) is 1. The molecule has 0 radical (unpaired) electrons. The van der Waals surface area contributed by atoms with Gasteiger partial charge < -0.3 is 24.8 Å². The normalized spacial score (nSPS) is 14.2. The highest BCUT2D eigenvalue weighted by molar-refractivity contribution is 5.77. The molecule has 32 heavy (non-hydrogen) atoms. The van der Waals surface area contributed by atoms with Gasteiger partial charge in [0.1, 0.15) is 18.1 Å². The zero-order valence-electron chi connectivity index (χ0n) is 18.7. The first-order chi connectivity index (χ1) is 15.4. The molecule has 1 aliphatic rings. The number of anilines is 3. The van der Waals surface area contributed by atoms with Crippen LogP contribution < -0.4 is 10.2 Å². The van der Waals surface area contributed by atoms with Crippen molar-refractivity contribution in [2.45, 2.75) is 26.8 Å². The molecule has 0 aliphatic carbocycles. The zero-order chi connectivity index (χ0) is 22.7. The van der Waals surface area contributed by atoms with Gasteiger partial charge in [0.25, 0.3) is 0 Å². The van der Waals surface area contributed by atoms with Crippen LogP contribution in [0.2, 0.25) is 0 Å². The molecule has 3 heterocycles. The number of aliphatic hydroxyl groups excluding tert-OH is 1. The lowest BCUT2D eigenvalue weighted by Gasteiger charge is -2.35. The topological polar surface area (TPSA) is 99.4 Å². The minimum Gasteiger partial charge on any atom is -0.387 e. The van der Waals surface area contributed by atoms with Crippen LogP contribution in [-0.2, 0) is 4.79 Å². The fourth-order valence-corrected chi connectivity index (χ4v) is 3.89. The van der Waals surface area contributed by atoms with E-state index >= 15 is 0 Å². The molecule has 3 aromatic rings. The van der Waals surface area contributed by atoms with E-state index < -0.39 is 6.61 Å². The second-order valence-electron chi connectivity index (χ2n) is 8.14. The van der Waals surface area contributed by atoms with Gasteiger partial charge in [-0.05, 0) is 51.1 Å². The number of benzene rings is 1. The van der Waals surface area contributed by atoms with E-state index in [9.17, 15) is 4.79 Å². The molecule has 9 heteroatoms. The second-order valence-corrected chi connectivity index (χ2v) is 8.14. The van der Waals surface area contributed by atoms with Crippen molar-refractivity contribution in [1.82, 2.24) is 24.4 Å². The van der Waals surface area contributed by atoms with Crippen molar-refractivity contribution < 1.29 is 9.90 Å². The third-order valence-corrected chi connectivity index (χ3v) is 5.65. The number of carbonyl (C=O) groups excluding carboxylic acids is 1. The molecular weight excluding hydrogens is 406 g/mol. The average Bonchev–Trinajstić information content (AvgIpc) is 3.21. The van der Waals surface area contributed by atoms with Crippen LogP contribution in [0, 0.1) is 6.92 Å². The number of aromatic nitrogens is 4. The Bertz CT molecular complexity index is 1070. The molecule has 1 saturated heterocycles. The minimum atomic E-state index is -0.428. The van der Waals surface area contributed by atoms with Gasteiger partial charge in [-0.3, -0.25) is 4.79 Å². The summed E-state index contributed by atoms with van der Waals surface area (Å²) in [7, 11) is 0. The second kappa shape index (κ2) is 9.35. The summed E-state index contributed by atoms with van der Waals surface area (Å²) in [6.45, 7) is 8.54. The number of rotatable bonds is 6. The van der Waals surface area contributed by atoms with E-state index in [1.807, 2.05) is 43.5 Å². The maximum atomic E-state index is 11.6.